The van der Waals surface area contributed by atoms with Gasteiger partial charge in [0.1, 0.15) is 0 Å². The minimum absolute atomic E-state index is 0.867. The Morgan fingerprint density at radius 1 is 1.41 bits per heavy atom. The van der Waals surface area contributed by atoms with Crippen LogP contribution in [0.3, 0.4) is 0 Å². The maximum Gasteiger partial charge on any atom is 0.0692 e. The van der Waals surface area contributed by atoms with E-state index in [1.807, 2.05) is 24.7 Å². The summed E-state index contributed by atoms with van der Waals surface area (Å²) in [5.41, 5.74) is 3.49. The van der Waals surface area contributed by atoms with Crippen molar-refractivity contribution in [2.75, 3.05) is 6.54 Å². The summed E-state index contributed by atoms with van der Waals surface area (Å²) < 4.78 is 1.84. The van der Waals surface area contributed by atoms with Crippen molar-refractivity contribution in [1.82, 2.24) is 30.5 Å². The molecule has 0 aliphatic rings. The molecule has 2 aromatic rings. The molecule has 0 aliphatic heterocycles. The predicted molar refractivity (Wildman–Crippen MR) is 64.4 cm³/mol. The SMILES string of the molecule is Cc1n[nH]c(C)c1CNCCCn1ccnn1. The summed E-state index contributed by atoms with van der Waals surface area (Å²) in [5, 5.41) is 18.2. The molecule has 6 nitrogen and oxygen atoms in total. The Bertz CT molecular complexity index is 425. The van der Waals surface area contributed by atoms with E-state index in [2.05, 4.69) is 25.8 Å². The molecule has 0 unspecified atom stereocenters. The number of aryl methyl sites for hydroxylation is 3. The molecule has 0 radical (unpaired) electrons. The van der Waals surface area contributed by atoms with Crippen LogP contribution in [-0.4, -0.2) is 31.7 Å². The smallest absolute Gasteiger partial charge is 0.0692 e. The zero-order valence-corrected chi connectivity index (χ0v) is 10.3. The van der Waals surface area contributed by atoms with E-state index >= 15 is 0 Å². The van der Waals surface area contributed by atoms with E-state index in [1.165, 1.54) is 5.56 Å². The van der Waals surface area contributed by atoms with Crippen LogP contribution in [0.25, 0.3) is 0 Å². The molecule has 0 bridgehead atoms. The van der Waals surface area contributed by atoms with Gasteiger partial charge in [0.25, 0.3) is 0 Å². The average Bonchev–Trinajstić information content (AvgIpc) is 2.92. The van der Waals surface area contributed by atoms with Crippen LogP contribution in [0.5, 0.6) is 0 Å². The number of H-pyrrole nitrogens is 1. The second-order valence-electron chi connectivity index (χ2n) is 4.11. The fourth-order valence-electron chi connectivity index (χ4n) is 1.77. The minimum Gasteiger partial charge on any atom is -0.312 e. The summed E-state index contributed by atoms with van der Waals surface area (Å²) in [4.78, 5) is 0. The van der Waals surface area contributed by atoms with Gasteiger partial charge < -0.3 is 5.32 Å². The maximum absolute atomic E-state index is 4.17. The molecule has 0 aliphatic carbocycles. The van der Waals surface area contributed by atoms with Crippen LogP contribution in [0.1, 0.15) is 23.4 Å². The van der Waals surface area contributed by atoms with Crippen molar-refractivity contribution in [2.24, 2.45) is 0 Å². The fourth-order valence-corrected chi connectivity index (χ4v) is 1.77. The first-order chi connectivity index (χ1) is 8.27. The summed E-state index contributed by atoms with van der Waals surface area (Å²) in [6.45, 7) is 6.80. The van der Waals surface area contributed by atoms with Crippen LogP contribution in [0.15, 0.2) is 12.4 Å². The van der Waals surface area contributed by atoms with E-state index in [-0.39, 0.29) is 0 Å². The summed E-state index contributed by atoms with van der Waals surface area (Å²) >= 11 is 0. The number of aromatic nitrogens is 5. The van der Waals surface area contributed by atoms with Crippen LogP contribution in [0.4, 0.5) is 0 Å². The quantitative estimate of drug-likeness (QED) is 0.725. The molecule has 6 heteroatoms. The summed E-state index contributed by atoms with van der Waals surface area (Å²) in [6, 6.07) is 0. The van der Waals surface area contributed by atoms with E-state index < -0.39 is 0 Å². The number of nitrogens with one attached hydrogen (secondary N) is 2. The van der Waals surface area contributed by atoms with E-state index in [0.29, 0.717) is 0 Å². The average molecular weight is 234 g/mol. The van der Waals surface area contributed by atoms with Crippen molar-refractivity contribution in [2.45, 2.75) is 33.4 Å². The minimum atomic E-state index is 0.867. The molecule has 0 saturated heterocycles. The molecule has 0 saturated carbocycles. The van der Waals surface area contributed by atoms with Gasteiger partial charge in [-0.15, -0.1) is 5.10 Å². The van der Waals surface area contributed by atoms with Gasteiger partial charge in [0, 0.05) is 30.5 Å². The molecule has 92 valence electrons. The molecular formula is C11H18N6. The lowest BCUT2D eigenvalue weighted by Gasteiger charge is -2.05. The topological polar surface area (TPSA) is 71.4 Å². The number of hydrogen-bond donors (Lipinski definition) is 2. The highest BCUT2D eigenvalue weighted by Gasteiger charge is 2.04. The van der Waals surface area contributed by atoms with Gasteiger partial charge in [0.05, 0.1) is 11.9 Å². The summed E-state index contributed by atoms with van der Waals surface area (Å²) in [7, 11) is 0. The van der Waals surface area contributed by atoms with Crippen LogP contribution in [0, 0.1) is 13.8 Å². The van der Waals surface area contributed by atoms with Crippen molar-refractivity contribution in [3.63, 3.8) is 0 Å². The first kappa shape index (κ1) is 11.8. The lowest BCUT2D eigenvalue weighted by Crippen LogP contribution is -2.17. The highest BCUT2D eigenvalue weighted by molar-refractivity contribution is 5.22. The molecule has 0 atom stereocenters. The van der Waals surface area contributed by atoms with Gasteiger partial charge in [-0.25, -0.2) is 0 Å². The third kappa shape index (κ3) is 3.13. The first-order valence-electron chi connectivity index (χ1n) is 5.82. The number of aromatic amines is 1. The van der Waals surface area contributed by atoms with E-state index in [1.54, 1.807) is 6.20 Å². The van der Waals surface area contributed by atoms with E-state index in [9.17, 15) is 0 Å². The van der Waals surface area contributed by atoms with Gasteiger partial charge in [-0.1, -0.05) is 5.21 Å². The van der Waals surface area contributed by atoms with Crippen molar-refractivity contribution in [1.29, 1.82) is 0 Å². The van der Waals surface area contributed by atoms with Crippen molar-refractivity contribution >= 4 is 0 Å². The van der Waals surface area contributed by atoms with Crippen LogP contribution < -0.4 is 5.32 Å². The Morgan fingerprint density at radius 2 is 2.29 bits per heavy atom. The normalized spacial score (nSPS) is 10.9. The number of hydrogen-bond acceptors (Lipinski definition) is 4. The zero-order valence-electron chi connectivity index (χ0n) is 10.3. The largest absolute Gasteiger partial charge is 0.312 e. The summed E-state index contributed by atoms with van der Waals surface area (Å²) in [5.74, 6) is 0. The second kappa shape index (κ2) is 5.58. The fraction of sp³-hybridized carbons (Fsp3) is 0.545. The van der Waals surface area contributed by atoms with Crippen LogP contribution in [-0.2, 0) is 13.1 Å². The van der Waals surface area contributed by atoms with Gasteiger partial charge in [-0.3, -0.25) is 9.78 Å². The molecule has 2 rings (SSSR count). The maximum atomic E-state index is 4.17. The highest BCUT2D eigenvalue weighted by atomic mass is 15.4. The second-order valence-corrected chi connectivity index (χ2v) is 4.11. The highest BCUT2D eigenvalue weighted by Crippen LogP contribution is 2.08. The molecular weight excluding hydrogens is 216 g/mol. The van der Waals surface area contributed by atoms with Gasteiger partial charge >= 0.3 is 0 Å². The third-order valence-electron chi connectivity index (χ3n) is 2.80. The molecule has 0 amide bonds. The zero-order chi connectivity index (χ0) is 12.1. The van der Waals surface area contributed by atoms with E-state index in [0.717, 1.165) is 37.4 Å². The van der Waals surface area contributed by atoms with Crippen LogP contribution in [0.2, 0.25) is 0 Å². The first-order valence-corrected chi connectivity index (χ1v) is 5.82. The van der Waals surface area contributed by atoms with Gasteiger partial charge in [0.2, 0.25) is 0 Å². The molecule has 0 aromatic carbocycles. The molecule has 2 N–H and O–H groups in total. The Labute approximate surface area is 100 Å². The lowest BCUT2D eigenvalue weighted by atomic mass is 10.2. The molecule has 2 heterocycles. The molecule has 0 spiro atoms. The van der Waals surface area contributed by atoms with Crippen LogP contribution >= 0.6 is 0 Å². The number of nitrogens with zero attached hydrogens (tertiary/aromatic N) is 4. The van der Waals surface area contributed by atoms with Crippen molar-refractivity contribution in [3.8, 4) is 0 Å². The Kier molecular flexibility index (Phi) is 3.87. The Morgan fingerprint density at radius 3 is 2.94 bits per heavy atom. The third-order valence-corrected chi connectivity index (χ3v) is 2.80. The lowest BCUT2D eigenvalue weighted by molar-refractivity contribution is 0.529. The Balaban J connectivity index is 1.67. The molecule has 2 aromatic heterocycles. The van der Waals surface area contributed by atoms with Crippen molar-refractivity contribution < 1.29 is 0 Å². The number of rotatable bonds is 6. The standard InChI is InChI=1S/C11H18N6/c1-9-11(10(2)15-14-9)8-12-4-3-6-17-7-5-13-16-17/h5,7,12H,3-4,6,8H2,1-2H3,(H,14,15). The molecule has 17 heavy (non-hydrogen) atoms. The van der Waals surface area contributed by atoms with E-state index in [4.69, 9.17) is 0 Å². The Hall–Kier alpha value is -1.69. The van der Waals surface area contributed by atoms with Crippen molar-refractivity contribution in [3.05, 3.63) is 29.3 Å². The van der Waals surface area contributed by atoms with Gasteiger partial charge in [0.15, 0.2) is 0 Å². The predicted octanol–water partition coefficient (Wildman–Crippen LogP) is 0.798. The monoisotopic (exact) mass is 234 g/mol. The summed E-state index contributed by atoms with van der Waals surface area (Å²) in [6.07, 6.45) is 4.62. The van der Waals surface area contributed by atoms with Gasteiger partial charge in [-0.2, -0.15) is 5.10 Å². The van der Waals surface area contributed by atoms with Gasteiger partial charge in [-0.05, 0) is 26.8 Å². The molecule has 0 fully saturated rings.